The molecule has 1 aromatic heterocycles. The molecule has 0 fully saturated rings. The molecule has 2 heterocycles. The summed E-state index contributed by atoms with van der Waals surface area (Å²) in [5.74, 6) is 3.23. The second-order valence-electron chi connectivity index (χ2n) is 6.42. The van der Waals surface area contributed by atoms with Crippen molar-refractivity contribution in [2.75, 3.05) is 25.6 Å². The minimum absolute atomic E-state index is 0.459. The summed E-state index contributed by atoms with van der Waals surface area (Å²) in [5.41, 5.74) is 1.80. The van der Waals surface area contributed by atoms with Crippen molar-refractivity contribution >= 4 is 23.0 Å². The molecular formula is C22H21N3O4S. The lowest BCUT2D eigenvalue weighted by Gasteiger charge is -2.19. The summed E-state index contributed by atoms with van der Waals surface area (Å²) in [6, 6.07) is 16.9. The fourth-order valence-corrected chi connectivity index (χ4v) is 3.08. The molecule has 30 heavy (non-hydrogen) atoms. The number of ether oxygens (including phenoxy) is 4. The third kappa shape index (κ3) is 4.90. The predicted molar refractivity (Wildman–Crippen MR) is 118 cm³/mol. The number of rotatable bonds is 6. The lowest BCUT2D eigenvalue weighted by molar-refractivity contribution is 0.171. The van der Waals surface area contributed by atoms with E-state index in [1.54, 1.807) is 19.4 Å². The van der Waals surface area contributed by atoms with Gasteiger partial charge in [0.25, 0.3) is 0 Å². The van der Waals surface area contributed by atoms with Gasteiger partial charge in [0.2, 0.25) is 5.88 Å². The summed E-state index contributed by atoms with van der Waals surface area (Å²) in [7, 11) is 1.60. The van der Waals surface area contributed by atoms with Crippen molar-refractivity contribution < 1.29 is 18.9 Å². The highest BCUT2D eigenvalue weighted by molar-refractivity contribution is 7.80. The second-order valence-corrected chi connectivity index (χ2v) is 6.83. The Morgan fingerprint density at radius 2 is 1.83 bits per heavy atom. The first-order valence-corrected chi connectivity index (χ1v) is 9.82. The third-order valence-electron chi connectivity index (χ3n) is 4.34. The quantitative estimate of drug-likeness (QED) is 0.573. The standard InChI is InChI=1S/C22H21N3O4S/c1-26-17-4-2-3-5-19(17)29-21-9-7-16(14-23-21)25-22(30)24-13-15-6-8-18-20(12-15)28-11-10-27-18/h2-9,12,14H,10-11,13H2,1H3,(H2,24,25,30). The zero-order valence-corrected chi connectivity index (χ0v) is 17.2. The highest BCUT2D eigenvalue weighted by atomic mass is 32.1. The smallest absolute Gasteiger partial charge is 0.219 e. The molecule has 0 spiro atoms. The van der Waals surface area contributed by atoms with Gasteiger partial charge < -0.3 is 29.6 Å². The molecule has 1 aliphatic heterocycles. The zero-order chi connectivity index (χ0) is 20.8. The van der Waals surface area contributed by atoms with Crippen LogP contribution in [-0.2, 0) is 6.54 Å². The fourth-order valence-electron chi connectivity index (χ4n) is 2.89. The highest BCUT2D eigenvalue weighted by Gasteiger charge is 2.12. The molecular weight excluding hydrogens is 402 g/mol. The van der Waals surface area contributed by atoms with E-state index in [1.807, 2.05) is 48.5 Å². The van der Waals surface area contributed by atoms with Crippen LogP contribution in [0, 0.1) is 0 Å². The Kier molecular flexibility index (Phi) is 6.14. The van der Waals surface area contributed by atoms with Crippen molar-refractivity contribution in [2.45, 2.75) is 6.54 Å². The third-order valence-corrected chi connectivity index (χ3v) is 4.58. The van der Waals surface area contributed by atoms with E-state index in [1.165, 1.54) is 0 Å². The SMILES string of the molecule is COc1ccccc1Oc1ccc(NC(=S)NCc2ccc3c(c2)OCCO3)cn1. The molecule has 3 aromatic rings. The summed E-state index contributed by atoms with van der Waals surface area (Å²) < 4.78 is 22.2. The Balaban J connectivity index is 1.30. The molecule has 0 radical (unpaired) electrons. The first-order valence-electron chi connectivity index (χ1n) is 9.41. The molecule has 4 rings (SSSR count). The molecule has 0 saturated carbocycles. The monoisotopic (exact) mass is 423 g/mol. The first-order chi connectivity index (χ1) is 14.7. The van der Waals surface area contributed by atoms with Crippen molar-refractivity contribution in [2.24, 2.45) is 0 Å². The van der Waals surface area contributed by atoms with Gasteiger partial charge in [0.1, 0.15) is 13.2 Å². The van der Waals surface area contributed by atoms with Gasteiger partial charge in [-0.2, -0.15) is 0 Å². The highest BCUT2D eigenvalue weighted by Crippen LogP contribution is 2.31. The summed E-state index contributed by atoms with van der Waals surface area (Å²) in [5, 5.41) is 6.77. The van der Waals surface area contributed by atoms with Gasteiger partial charge in [0, 0.05) is 12.6 Å². The first kappa shape index (κ1) is 19.8. The molecule has 7 nitrogen and oxygen atoms in total. The lowest BCUT2D eigenvalue weighted by Crippen LogP contribution is -2.28. The van der Waals surface area contributed by atoms with Gasteiger partial charge in [-0.25, -0.2) is 4.98 Å². The Hall–Kier alpha value is -3.52. The van der Waals surface area contributed by atoms with Gasteiger partial charge in [0.05, 0.1) is 19.0 Å². The summed E-state index contributed by atoms with van der Waals surface area (Å²) in [6.07, 6.45) is 1.66. The number of hydrogen-bond acceptors (Lipinski definition) is 6. The van der Waals surface area contributed by atoms with E-state index in [4.69, 9.17) is 31.2 Å². The number of anilines is 1. The number of para-hydroxylation sites is 2. The van der Waals surface area contributed by atoms with E-state index < -0.39 is 0 Å². The Morgan fingerprint density at radius 3 is 2.60 bits per heavy atom. The summed E-state index contributed by atoms with van der Waals surface area (Å²) >= 11 is 5.37. The predicted octanol–water partition coefficient (Wildman–Crippen LogP) is 4.14. The van der Waals surface area contributed by atoms with Crippen LogP contribution in [0.4, 0.5) is 5.69 Å². The molecule has 0 bridgehead atoms. The van der Waals surface area contributed by atoms with Crippen molar-refractivity contribution in [3.63, 3.8) is 0 Å². The molecule has 0 saturated heterocycles. The summed E-state index contributed by atoms with van der Waals surface area (Å²) in [4.78, 5) is 4.31. The van der Waals surface area contributed by atoms with Crippen LogP contribution in [0.5, 0.6) is 28.9 Å². The fraction of sp³-hybridized carbons (Fsp3) is 0.182. The number of methoxy groups -OCH3 is 1. The van der Waals surface area contributed by atoms with E-state index in [0.29, 0.717) is 42.2 Å². The van der Waals surface area contributed by atoms with Crippen molar-refractivity contribution in [1.29, 1.82) is 0 Å². The van der Waals surface area contributed by atoms with Gasteiger partial charge in [-0.05, 0) is 48.1 Å². The molecule has 2 N–H and O–H groups in total. The minimum atomic E-state index is 0.459. The average Bonchev–Trinajstić information content (AvgIpc) is 2.79. The second kappa shape index (κ2) is 9.32. The summed E-state index contributed by atoms with van der Waals surface area (Å²) in [6.45, 7) is 1.70. The lowest BCUT2D eigenvalue weighted by atomic mass is 10.2. The maximum atomic E-state index is 5.78. The largest absolute Gasteiger partial charge is 0.493 e. The van der Waals surface area contributed by atoms with Crippen LogP contribution in [0.15, 0.2) is 60.8 Å². The van der Waals surface area contributed by atoms with Crippen LogP contribution < -0.4 is 29.6 Å². The number of pyridine rings is 1. The van der Waals surface area contributed by atoms with E-state index in [-0.39, 0.29) is 0 Å². The molecule has 0 atom stereocenters. The van der Waals surface area contributed by atoms with E-state index >= 15 is 0 Å². The van der Waals surface area contributed by atoms with Crippen LogP contribution in [0.2, 0.25) is 0 Å². The Bertz CT molecular complexity index is 1030. The molecule has 2 aromatic carbocycles. The van der Waals surface area contributed by atoms with Gasteiger partial charge in [-0.3, -0.25) is 0 Å². The number of hydrogen-bond donors (Lipinski definition) is 2. The molecule has 0 amide bonds. The number of nitrogens with zero attached hydrogens (tertiary/aromatic N) is 1. The molecule has 0 unspecified atom stereocenters. The molecule has 154 valence electrons. The molecule has 0 aliphatic carbocycles. The van der Waals surface area contributed by atoms with Gasteiger partial charge >= 0.3 is 0 Å². The van der Waals surface area contributed by atoms with Crippen LogP contribution in [0.25, 0.3) is 0 Å². The minimum Gasteiger partial charge on any atom is -0.493 e. The van der Waals surface area contributed by atoms with Crippen molar-refractivity contribution in [1.82, 2.24) is 10.3 Å². The van der Waals surface area contributed by atoms with Crippen LogP contribution in [-0.4, -0.2) is 30.4 Å². The van der Waals surface area contributed by atoms with Crippen molar-refractivity contribution in [3.8, 4) is 28.9 Å². The maximum Gasteiger partial charge on any atom is 0.219 e. The zero-order valence-electron chi connectivity index (χ0n) is 16.4. The normalized spacial score (nSPS) is 12.0. The Morgan fingerprint density at radius 1 is 1.03 bits per heavy atom. The topological polar surface area (TPSA) is 73.9 Å². The number of benzene rings is 2. The van der Waals surface area contributed by atoms with E-state index in [0.717, 1.165) is 22.7 Å². The van der Waals surface area contributed by atoms with Crippen molar-refractivity contribution in [3.05, 3.63) is 66.4 Å². The van der Waals surface area contributed by atoms with Gasteiger partial charge in [-0.1, -0.05) is 18.2 Å². The Labute approximate surface area is 179 Å². The van der Waals surface area contributed by atoms with Crippen LogP contribution in [0.1, 0.15) is 5.56 Å². The molecule has 8 heteroatoms. The molecule has 1 aliphatic rings. The number of thiocarbonyl (C=S) groups is 1. The number of fused-ring (bicyclic) bond motifs is 1. The van der Waals surface area contributed by atoms with Gasteiger partial charge in [0.15, 0.2) is 28.1 Å². The van der Waals surface area contributed by atoms with Gasteiger partial charge in [-0.15, -0.1) is 0 Å². The number of nitrogens with one attached hydrogen (secondary N) is 2. The number of aromatic nitrogens is 1. The van der Waals surface area contributed by atoms with Crippen LogP contribution >= 0.6 is 12.2 Å². The van der Waals surface area contributed by atoms with E-state index in [2.05, 4.69) is 15.6 Å². The average molecular weight is 423 g/mol. The maximum absolute atomic E-state index is 5.78. The van der Waals surface area contributed by atoms with Crippen LogP contribution in [0.3, 0.4) is 0 Å². The van der Waals surface area contributed by atoms with E-state index in [9.17, 15) is 0 Å².